The molecule has 0 aliphatic rings. The third-order valence-electron chi connectivity index (χ3n) is 3.06. The predicted molar refractivity (Wildman–Crippen MR) is 92.0 cm³/mol. The van der Waals surface area contributed by atoms with Crippen molar-refractivity contribution in [2.75, 3.05) is 7.11 Å². The summed E-state index contributed by atoms with van der Waals surface area (Å²) in [6.45, 7) is 1.81. The lowest BCUT2D eigenvalue weighted by Crippen LogP contribution is -1.98. The van der Waals surface area contributed by atoms with Crippen LogP contribution in [0.25, 0.3) is 0 Å². The number of ketones is 1. The van der Waals surface area contributed by atoms with Crippen molar-refractivity contribution < 1.29 is 19.1 Å². The zero-order chi connectivity index (χ0) is 17.3. The van der Waals surface area contributed by atoms with E-state index in [1.165, 1.54) is 13.2 Å². The first kappa shape index (κ1) is 20.8. The fourth-order valence-corrected chi connectivity index (χ4v) is 1.65. The number of esters is 1. The topological polar surface area (TPSA) is 60.4 Å². The van der Waals surface area contributed by atoms with Crippen LogP contribution in [0.2, 0.25) is 0 Å². The molecular weight excluding hydrogens is 292 g/mol. The van der Waals surface area contributed by atoms with Gasteiger partial charge in [-0.3, -0.25) is 14.4 Å². The fourth-order valence-electron chi connectivity index (χ4n) is 1.65. The molecule has 0 heterocycles. The summed E-state index contributed by atoms with van der Waals surface area (Å²) in [5.41, 5.74) is 0.669. The molecule has 0 rings (SSSR count). The summed E-state index contributed by atoms with van der Waals surface area (Å²) >= 11 is 0. The van der Waals surface area contributed by atoms with Crippen LogP contribution in [0.1, 0.15) is 45.4 Å². The Hall–Kier alpha value is -2.23. The SMILES string of the molecule is CCC(=O)/C=C/C=C/C=C(/C=O)C/C=C\CCCCC(=O)OC. The van der Waals surface area contributed by atoms with Crippen molar-refractivity contribution in [1.82, 2.24) is 0 Å². The maximum atomic E-state index is 11.0. The molecule has 0 saturated carbocycles. The van der Waals surface area contributed by atoms with Crippen LogP contribution in [0.3, 0.4) is 0 Å². The number of rotatable bonds is 12. The maximum absolute atomic E-state index is 11.0. The Labute approximate surface area is 138 Å². The van der Waals surface area contributed by atoms with E-state index in [9.17, 15) is 14.4 Å². The van der Waals surface area contributed by atoms with Gasteiger partial charge < -0.3 is 4.74 Å². The molecule has 0 aliphatic heterocycles. The summed E-state index contributed by atoms with van der Waals surface area (Å²) in [6, 6.07) is 0. The largest absolute Gasteiger partial charge is 0.469 e. The van der Waals surface area contributed by atoms with Gasteiger partial charge in [-0.2, -0.15) is 0 Å². The average molecular weight is 318 g/mol. The van der Waals surface area contributed by atoms with Crippen molar-refractivity contribution in [2.45, 2.75) is 45.4 Å². The number of hydrogen-bond donors (Lipinski definition) is 0. The minimum Gasteiger partial charge on any atom is -0.469 e. The molecule has 0 unspecified atom stereocenters. The molecule has 0 aromatic heterocycles. The van der Waals surface area contributed by atoms with Crippen LogP contribution >= 0.6 is 0 Å². The van der Waals surface area contributed by atoms with Gasteiger partial charge in [0.25, 0.3) is 0 Å². The van der Waals surface area contributed by atoms with Crippen LogP contribution < -0.4 is 0 Å². The van der Waals surface area contributed by atoms with Gasteiger partial charge in [0.2, 0.25) is 0 Å². The molecule has 0 N–H and O–H groups in total. The Morgan fingerprint density at radius 3 is 2.48 bits per heavy atom. The number of carbonyl (C=O) groups excluding carboxylic acids is 3. The fraction of sp³-hybridized carbons (Fsp3) is 0.421. The molecule has 4 nitrogen and oxygen atoms in total. The third kappa shape index (κ3) is 13.2. The molecule has 0 aliphatic carbocycles. The number of methoxy groups -OCH3 is 1. The molecule has 0 amide bonds. The van der Waals surface area contributed by atoms with E-state index in [1.807, 2.05) is 19.1 Å². The first-order valence-electron chi connectivity index (χ1n) is 7.87. The minimum atomic E-state index is -0.179. The van der Waals surface area contributed by atoms with Crippen molar-refractivity contribution in [1.29, 1.82) is 0 Å². The summed E-state index contributed by atoms with van der Waals surface area (Å²) < 4.78 is 4.56. The van der Waals surface area contributed by atoms with Crippen molar-refractivity contribution >= 4 is 18.0 Å². The average Bonchev–Trinajstić information content (AvgIpc) is 2.57. The second kappa shape index (κ2) is 14.7. The molecule has 0 bridgehead atoms. The van der Waals surface area contributed by atoms with Crippen LogP contribution in [0.15, 0.2) is 48.1 Å². The van der Waals surface area contributed by atoms with Crippen LogP contribution in [0, 0.1) is 0 Å². The van der Waals surface area contributed by atoms with E-state index in [2.05, 4.69) is 4.74 Å². The number of carbonyl (C=O) groups is 3. The molecular formula is C19H26O4. The maximum Gasteiger partial charge on any atom is 0.305 e. The predicted octanol–water partition coefficient (Wildman–Crippen LogP) is 3.88. The summed E-state index contributed by atoms with van der Waals surface area (Å²) in [5.74, 6) is -0.106. The summed E-state index contributed by atoms with van der Waals surface area (Å²) in [4.78, 5) is 32.9. The lowest BCUT2D eigenvalue weighted by atomic mass is 10.1. The molecule has 0 saturated heterocycles. The van der Waals surface area contributed by atoms with Gasteiger partial charge in [-0.1, -0.05) is 43.4 Å². The molecule has 126 valence electrons. The van der Waals surface area contributed by atoms with Gasteiger partial charge in [0.1, 0.15) is 6.29 Å². The first-order valence-corrected chi connectivity index (χ1v) is 7.87. The van der Waals surface area contributed by atoms with Crippen LogP contribution in [0.4, 0.5) is 0 Å². The molecule has 0 aromatic carbocycles. The molecule has 4 heteroatoms. The van der Waals surface area contributed by atoms with E-state index in [1.54, 1.807) is 24.3 Å². The number of allylic oxidation sites excluding steroid dienone is 8. The second-order valence-corrected chi connectivity index (χ2v) is 4.92. The standard InChI is InChI=1S/C19H26O4/c1-3-18(21)14-10-7-9-13-17(16-20)12-8-5-4-6-11-15-19(22)23-2/h5,7-10,13-14,16H,3-4,6,11-12,15H2,1-2H3/b8-5-,9-7+,14-10+,17-13+. The van der Waals surface area contributed by atoms with Crippen molar-refractivity contribution in [3.05, 3.63) is 48.1 Å². The number of unbranched alkanes of at least 4 members (excludes halogenated alkanes) is 2. The highest BCUT2D eigenvalue weighted by atomic mass is 16.5. The first-order chi connectivity index (χ1) is 11.1. The van der Waals surface area contributed by atoms with Gasteiger partial charge in [-0.15, -0.1) is 0 Å². The molecule has 0 aromatic rings. The van der Waals surface area contributed by atoms with Gasteiger partial charge in [-0.05, 0) is 37.3 Å². The number of ether oxygens (including phenoxy) is 1. The highest BCUT2D eigenvalue weighted by Gasteiger charge is 1.97. The minimum absolute atomic E-state index is 0.0735. The van der Waals surface area contributed by atoms with Gasteiger partial charge >= 0.3 is 5.97 Å². The normalized spacial score (nSPS) is 12.3. The highest BCUT2D eigenvalue weighted by molar-refractivity contribution is 5.89. The molecule has 0 spiro atoms. The molecule has 0 fully saturated rings. The lowest BCUT2D eigenvalue weighted by Gasteiger charge is -1.97. The Morgan fingerprint density at radius 2 is 1.83 bits per heavy atom. The van der Waals surface area contributed by atoms with E-state index in [0.717, 1.165) is 25.5 Å². The highest BCUT2D eigenvalue weighted by Crippen LogP contribution is 2.05. The number of hydrogen-bond acceptors (Lipinski definition) is 4. The summed E-state index contributed by atoms with van der Waals surface area (Å²) in [7, 11) is 1.39. The van der Waals surface area contributed by atoms with Gasteiger partial charge in [0, 0.05) is 12.8 Å². The van der Waals surface area contributed by atoms with Crippen LogP contribution in [0.5, 0.6) is 0 Å². The van der Waals surface area contributed by atoms with Crippen molar-refractivity contribution in [3.8, 4) is 0 Å². The van der Waals surface area contributed by atoms with Gasteiger partial charge in [-0.25, -0.2) is 0 Å². The molecule has 23 heavy (non-hydrogen) atoms. The van der Waals surface area contributed by atoms with E-state index in [0.29, 0.717) is 24.8 Å². The van der Waals surface area contributed by atoms with Crippen molar-refractivity contribution in [3.63, 3.8) is 0 Å². The van der Waals surface area contributed by atoms with E-state index < -0.39 is 0 Å². The van der Waals surface area contributed by atoms with Gasteiger partial charge in [0.15, 0.2) is 5.78 Å². The monoisotopic (exact) mass is 318 g/mol. The third-order valence-corrected chi connectivity index (χ3v) is 3.06. The molecule has 0 radical (unpaired) electrons. The smallest absolute Gasteiger partial charge is 0.305 e. The van der Waals surface area contributed by atoms with Crippen LogP contribution in [-0.4, -0.2) is 25.1 Å². The Bertz CT molecular complexity index is 482. The summed E-state index contributed by atoms with van der Waals surface area (Å²) in [6.07, 6.45) is 17.3. The van der Waals surface area contributed by atoms with E-state index in [-0.39, 0.29) is 11.8 Å². The zero-order valence-electron chi connectivity index (χ0n) is 14.0. The van der Waals surface area contributed by atoms with E-state index >= 15 is 0 Å². The number of aldehydes is 1. The van der Waals surface area contributed by atoms with E-state index in [4.69, 9.17) is 0 Å². The molecule has 0 atom stereocenters. The quantitative estimate of drug-likeness (QED) is 0.137. The summed E-state index contributed by atoms with van der Waals surface area (Å²) in [5, 5.41) is 0. The van der Waals surface area contributed by atoms with Crippen LogP contribution in [-0.2, 0) is 19.1 Å². The van der Waals surface area contributed by atoms with Gasteiger partial charge in [0.05, 0.1) is 7.11 Å². The van der Waals surface area contributed by atoms with Crippen molar-refractivity contribution in [2.24, 2.45) is 0 Å². The Morgan fingerprint density at radius 1 is 1.04 bits per heavy atom. The Kier molecular flexibility index (Phi) is 13.3. The Balaban J connectivity index is 4.02. The zero-order valence-corrected chi connectivity index (χ0v) is 14.0. The second-order valence-electron chi connectivity index (χ2n) is 4.92. The lowest BCUT2D eigenvalue weighted by molar-refractivity contribution is -0.140.